The van der Waals surface area contributed by atoms with Crippen LogP contribution in [-0.4, -0.2) is 48.0 Å². The Morgan fingerprint density at radius 2 is 0.964 bits per heavy atom. The standard InChI is InChI=1S/C8H7F11O4S.4CH4/c1-3(9,10)5(13,14)6(15,4(2,11)12)23-7(16,17)8(18,19)24(20,21)22;;;;/h1-2H3,(H,20,21,22);4*1H4/p-1. The normalized spacial score (nSPS) is 15.8. The second-order valence-corrected chi connectivity index (χ2v) is 5.96. The molecule has 1 atom stereocenters. The average molecular weight is 471 g/mol. The fraction of sp³-hybridized carbons (Fsp3) is 1.00. The van der Waals surface area contributed by atoms with Gasteiger partial charge in [0.05, 0.1) is 0 Å². The van der Waals surface area contributed by atoms with E-state index in [1.165, 1.54) is 0 Å². The Bertz CT molecular complexity index is 581. The van der Waals surface area contributed by atoms with E-state index in [0.717, 1.165) is 0 Å². The minimum Gasteiger partial charge on any atom is -0.743 e. The summed E-state index contributed by atoms with van der Waals surface area (Å²) in [7, 11) is -7.46. The smallest absolute Gasteiger partial charge is 0.436 e. The lowest BCUT2D eigenvalue weighted by Gasteiger charge is -2.42. The summed E-state index contributed by atoms with van der Waals surface area (Å²) in [5.41, 5.74) is 0. The van der Waals surface area contributed by atoms with Gasteiger partial charge in [0.2, 0.25) is 0 Å². The molecule has 0 rings (SSSR count). The van der Waals surface area contributed by atoms with Gasteiger partial charge in [0, 0.05) is 13.8 Å². The van der Waals surface area contributed by atoms with Gasteiger partial charge in [-0.05, 0) is 0 Å². The van der Waals surface area contributed by atoms with Crippen LogP contribution in [0.25, 0.3) is 0 Å². The fourth-order valence-electron chi connectivity index (χ4n) is 1.09. The van der Waals surface area contributed by atoms with Crippen LogP contribution in [0.4, 0.5) is 48.3 Å². The SMILES string of the molecule is C.C.C.C.CC(F)(F)C(F)(F)C(F)(OC(F)(F)C(F)(F)S(=O)(=O)[O-])C(C)(F)F. The maximum absolute atomic E-state index is 13.7. The summed E-state index contributed by atoms with van der Waals surface area (Å²) < 4.78 is 174. The van der Waals surface area contributed by atoms with Gasteiger partial charge in [-0.15, -0.1) is 0 Å². The van der Waals surface area contributed by atoms with Crippen molar-refractivity contribution in [3.63, 3.8) is 0 Å². The van der Waals surface area contributed by atoms with E-state index in [2.05, 4.69) is 0 Å². The minimum atomic E-state index is -7.46. The van der Waals surface area contributed by atoms with Gasteiger partial charge in [0.25, 0.3) is 0 Å². The number of ether oxygens (including phenoxy) is 1. The van der Waals surface area contributed by atoms with E-state index in [-0.39, 0.29) is 29.7 Å². The Kier molecular flexibility index (Phi) is 12.5. The highest BCUT2D eigenvalue weighted by atomic mass is 32.2. The van der Waals surface area contributed by atoms with Gasteiger partial charge in [-0.1, -0.05) is 29.7 Å². The average Bonchev–Trinajstić information content (AvgIpc) is 2.22. The molecule has 0 radical (unpaired) electrons. The van der Waals surface area contributed by atoms with Crippen molar-refractivity contribution in [2.45, 2.75) is 78.5 Å². The molecule has 0 bridgehead atoms. The second kappa shape index (κ2) is 9.28. The molecule has 0 saturated heterocycles. The number of halogens is 11. The molecule has 28 heavy (non-hydrogen) atoms. The molecule has 0 aromatic heterocycles. The van der Waals surface area contributed by atoms with Crippen LogP contribution >= 0.6 is 0 Å². The van der Waals surface area contributed by atoms with Crippen LogP contribution in [0.1, 0.15) is 43.6 Å². The number of hydrogen-bond donors (Lipinski definition) is 0. The third-order valence-corrected chi connectivity index (χ3v) is 3.31. The van der Waals surface area contributed by atoms with Gasteiger partial charge in [-0.2, -0.15) is 39.5 Å². The van der Waals surface area contributed by atoms with Crippen LogP contribution in [-0.2, 0) is 14.9 Å². The van der Waals surface area contributed by atoms with E-state index in [1.807, 2.05) is 4.74 Å². The van der Waals surface area contributed by atoms with E-state index in [9.17, 15) is 61.3 Å². The fourth-order valence-corrected chi connectivity index (χ4v) is 1.43. The number of hydrogen-bond acceptors (Lipinski definition) is 4. The van der Waals surface area contributed by atoms with Crippen LogP contribution in [0.5, 0.6) is 0 Å². The molecule has 0 aliphatic heterocycles. The first-order valence-electron chi connectivity index (χ1n) is 5.19. The molecule has 0 saturated carbocycles. The third-order valence-electron chi connectivity index (χ3n) is 2.44. The molecule has 178 valence electrons. The molecular formula is C12H22F11O4S-. The van der Waals surface area contributed by atoms with Gasteiger partial charge >= 0.3 is 35.0 Å². The summed E-state index contributed by atoms with van der Waals surface area (Å²) in [5, 5.41) is -7.04. The summed E-state index contributed by atoms with van der Waals surface area (Å²) in [6, 6.07) is 0. The molecule has 0 aliphatic rings. The molecule has 0 heterocycles. The Balaban J connectivity index is -0.000000441. The first-order valence-corrected chi connectivity index (χ1v) is 6.60. The molecule has 16 heteroatoms. The van der Waals surface area contributed by atoms with Crippen LogP contribution in [0.3, 0.4) is 0 Å². The first-order chi connectivity index (χ1) is 9.96. The van der Waals surface area contributed by atoms with Crippen molar-refractivity contribution >= 4 is 10.1 Å². The van der Waals surface area contributed by atoms with Gasteiger partial charge in [-0.25, -0.2) is 17.2 Å². The highest BCUT2D eigenvalue weighted by Gasteiger charge is 2.82. The van der Waals surface area contributed by atoms with E-state index in [1.54, 1.807) is 0 Å². The number of alkyl halides is 11. The monoisotopic (exact) mass is 471 g/mol. The Morgan fingerprint density at radius 3 is 1.14 bits per heavy atom. The van der Waals surface area contributed by atoms with Crippen molar-refractivity contribution in [3.05, 3.63) is 0 Å². The predicted octanol–water partition coefficient (Wildman–Crippen LogP) is 5.89. The van der Waals surface area contributed by atoms with Crippen molar-refractivity contribution in [1.82, 2.24) is 0 Å². The predicted molar refractivity (Wildman–Crippen MR) is 77.6 cm³/mol. The molecule has 0 aromatic carbocycles. The topological polar surface area (TPSA) is 66.4 Å². The largest absolute Gasteiger partial charge is 0.743 e. The van der Waals surface area contributed by atoms with Crippen molar-refractivity contribution in [2.24, 2.45) is 0 Å². The van der Waals surface area contributed by atoms with Crippen molar-refractivity contribution in [3.8, 4) is 0 Å². The van der Waals surface area contributed by atoms with E-state index >= 15 is 0 Å². The zero-order chi connectivity index (χ0) is 20.2. The minimum absolute atomic E-state index is 0. The van der Waals surface area contributed by atoms with Crippen molar-refractivity contribution < 1.29 is 66.0 Å². The zero-order valence-electron chi connectivity index (χ0n) is 11.2. The highest BCUT2D eigenvalue weighted by Crippen LogP contribution is 2.55. The van der Waals surface area contributed by atoms with Gasteiger partial charge in [0.1, 0.15) is 0 Å². The molecule has 1 unspecified atom stereocenters. The van der Waals surface area contributed by atoms with E-state index in [4.69, 9.17) is 0 Å². The zero-order valence-corrected chi connectivity index (χ0v) is 12.0. The lowest BCUT2D eigenvalue weighted by molar-refractivity contribution is -0.474. The van der Waals surface area contributed by atoms with E-state index in [0.29, 0.717) is 0 Å². The molecule has 0 aliphatic carbocycles. The maximum Gasteiger partial charge on any atom is 0.436 e. The molecule has 0 spiro atoms. The van der Waals surface area contributed by atoms with Crippen LogP contribution in [0.2, 0.25) is 0 Å². The van der Waals surface area contributed by atoms with Crippen molar-refractivity contribution in [2.75, 3.05) is 0 Å². The third kappa shape index (κ3) is 5.81. The van der Waals surface area contributed by atoms with Gasteiger partial charge in [0.15, 0.2) is 10.1 Å². The molecule has 0 aromatic rings. The quantitative estimate of drug-likeness (QED) is 0.343. The number of rotatable bonds is 7. The molecule has 0 fully saturated rings. The summed E-state index contributed by atoms with van der Waals surface area (Å²) in [4.78, 5) is 0. The summed E-state index contributed by atoms with van der Waals surface area (Å²) in [6.07, 6.45) is -7.16. The summed E-state index contributed by atoms with van der Waals surface area (Å²) in [5.74, 6) is -25.5. The molecule has 0 N–H and O–H groups in total. The molecule has 4 nitrogen and oxygen atoms in total. The van der Waals surface area contributed by atoms with Crippen molar-refractivity contribution in [1.29, 1.82) is 0 Å². The molecular weight excluding hydrogens is 449 g/mol. The first kappa shape index (κ1) is 37.8. The van der Waals surface area contributed by atoms with Crippen LogP contribution in [0.15, 0.2) is 0 Å². The van der Waals surface area contributed by atoms with Gasteiger partial charge in [-0.3, -0.25) is 4.74 Å². The van der Waals surface area contributed by atoms with E-state index < -0.39 is 59.0 Å². The lowest BCUT2D eigenvalue weighted by Crippen LogP contribution is -2.68. The second-order valence-electron chi connectivity index (χ2n) is 4.54. The maximum atomic E-state index is 13.7. The van der Waals surface area contributed by atoms with Gasteiger partial charge < -0.3 is 4.55 Å². The summed E-state index contributed by atoms with van der Waals surface area (Å²) >= 11 is 0. The highest BCUT2D eigenvalue weighted by molar-refractivity contribution is 7.86. The van der Waals surface area contributed by atoms with Crippen LogP contribution < -0.4 is 0 Å². The molecule has 0 amide bonds. The van der Waals surface area contributed by atoms with Crippen LogP contribution in [0, 0.1) is 0 Å². The Labute approximate surface area is 155 Å². The Hall–Kier alpha value is -0.900. The summed E-state index contributed by atoms with van der Waals surface area (Å²) in [6.45, 7) is -1.94. The lowest BCUT2D eigenvalue weighted by atomic mass is 9.99. The Morgan fingerprint density at radius 1 is 0.679 bits per heavy atom.